The van der Waals surface area contributed by atoms with Gasteiger partial charge in [0, 0.05) is 41.1 Å². The lowest BCUT2D eigenvalue weighted by molar-refractivity contribution is -0.114. The number of nitrogens with one attached hydrogen (secondary N) is 1. The molecule has 0 radical (unpaired) electrons. The average Bonchev–Trinajstić information content (AvgIpc) is 2.70. The zero-order chi connectivity index (χ0) is 22.0. The number of rotatable bonds is 12. The number of carbonyl (C=O) groups excluding carboxylic acids is 1. The number of aryl methyl sites for hydroxylation is 1. The standard InChI is InChI=1S/C23H33N3O3/c1-8-11-12-13-18(17(6)28-7)19(16(5)22(24)27)20-21(25-9-2)15(4)14-26-23(20)29-10-3/h8,11,13-14,19H,5-6,9-10,12H2,1-4,7H3,(H2,24,27)(H,25,26)/b11-8-,18-13+/t19-/m1/s1. The van der Waals surface area contributed by atoms with Gasteiger partial charge in [-0.1, -0.05) is 31.4 Å². The predicted octanol–water partition coefficient (Wildman–Crippen LogP) is 4.40. The molecule has 0 unspecified atom stereocenters. The molecule has 0 aliphatic rings. The van der Waals surface area contributed by atoms with Crippen LogP contribution in [0.1, 0.15) is 44.2 Å². The van der Waals surface area contributed by atoms with Gasteiger partial charge in [0.25, 0.3) is 0 Å². The van der Waals surface area contributed by atoms with E-state index in [9.17, 15) is 4.79 Å². The van der Waals surface area contributed by atoms with Gasteiger partial charge in [-0.15, -0.1) is 0 Å². The Morgan fingerprint density at radius 1 is 1.38 bits per heavy atom. The maximum atomic E-state index is 12.2. The van der Waals surface area contributed by atoms with Crippen LogP contribution in [0.5, 0.6) is 5.88 Å². The molecule has 0 aliphatic heterocycles. The topological polar surface area (TPSA) is 86.5 Å². The van der Waals surface area contributed by atoms with E-state index >= 15 is 0 Å². The van der Waals surface area contributed by atoms with Crippen LogP contribution in [0.2, 0.25) is 0 Å². The number of nitrogens with two attached hydrogens (primary N) is 1. The Morgan fingerprint density at radius 3 is 2.59 bits per heavy atom. The van der Waals surface area contributed by atoms with Crippen molar-refractivity contribution in [3.05, 3.63) is 65.6 Å². The number of ether oxygens (including phenoxy) is 2. The van der Waals surface area contributed by atoms with Crippen molar-refractivity contribution in [3.63, 3.8) is 0 Å². The van der Waals surface area contributed by atoms with Crippen LogP contribution in [0, 0.1) is 6.92 Å². The molecule has 0 spiro atoms. The first kappa shape index (κ1) is 24.0. The summed E-state index contributed by atoms with van der Waals surface area (Å²) in [5.41, 5.74) is 9.02. The van der Waals surface area contributed by atoms with Crippen molar-refractivity contribution in [2.45, 2.75) is 40.0 Å². The summed E-state index contributed by atoms with van der Waals surface area (Å²) in [5, 5.41) is 3.37. The first-order valence-electron chi connectivity index (χ1n) is 9.73. The molecule has 0 fully saturated rings. The van der Waals surface area contributed by atoms with E-state index in [1.807, 2.05) is 45.9 Å². The van der Waals surface area contributed by atoms with Gasteiger partial charge >= 0.3 is 0 Å². The highest BCUT2D eigenvalue weighted by Crippen LogP contribution is 2.44. The van der Waals surface area contributed by atoms with Gasteiger partial charge in [0.1, 0.15) is 5.76 Å². The number of hydrogen-bond donors (Lipinski definition) is 2. The van der Waals surface area contributed by atoms with Crippen molar-refractivity contribution >= 4 is 11.6 Å². The summed E-state index contributed by atoms with van der Waals surface area (Å²) in [6.07, 6.45) is 8.28. The molecular formula is C23H33N3O3. The number of methoxy groups -OCH3 is 1. The molecule has 0 bridgehead atoms. The molecule has 3 N–H and O–H groups in total. The summed E-state index contributed by atoms with van der Waals surface area (Å²) in [6, 6.07) is 0. The predicted molar refractivity (Wildman–Crippen MR) is 119 cm³/mol. The summed E-state index contributed by atoms with van der Waals surface area (Å²) in [5.74, 6) is -0.383. The number of nitrogens with zero attached hydrogens (tertiary/aromatic N) is 1. The highest BCUT2D eigenvalue weighted by atomic mass is 16.5. The molecule has 29 heavy (non-hydrogen) atoms. The molecule has 158 valence electrons. The van der Waals surface area contributed by atoms with Gasteiger partial charge in [0.05, 0.1) is 13.7 Å². The maximum absolute atomic E-state index is 12.2. The number of anilines is 1. The fraction of sp³-hybridized carbons (Fsp3) is 0.391. The summed E-state index contributed by atoms with van der Waals surface area (Å²) in [6.45, 7) is 16.9. The maximum Gasteiger partial charge on any atom is 0.245 e. The zero-order valence-corrected chi connectivity index (χ0v) is 18.2. The fourth-order valence-electron chi connectivity index (χ4n) is 3.04. The molecule has 1 aromatic rings. The molecule has 1 atom stereocenters. The van der Waals surface area contributed by atoms with Gasteiger partial charge in [0.15, 0.2) is 0 Å². The number of allylic oxidation sites excluding steroid dienone is 4. The van der Waals surface area contributed by atoms with Crippen LogP contribution >= 0.6 is 0 Å². The van der Waals surface area contributed by atoms with Crippen LogP contribution in [0.25, 0.3) is 0 Å². The minimum absolute atomic E-state index is 0.211. The molecule has 0 aliphatic carbocycles. The lowest BCUT2D eigenvalue weighted by Gasteiger charge is -2.27. The molecule has 0 aromatic carbocycles. The third-order valence-corrected chi connectivity index (χ3v) is 4.45. The minimum Gasteiger partial charge on any atom is -0.497 e. The van der Waals surface area contributed by atoms with E-state index in [0.717, 1.165) is 11.3 Å². The molecular weight excluding hydrogens is 366 g/mol. The van der Waals surface area contributed by atoms with Gasteiger partial charge in [-0.2, -0.15) is 0 Å². The highest BCUT2D eigenvalue weighted by molar-refractivity contribution is 5.94. The SMILES string of the molecule is C=C(OC)/C(=C\C/C=C\C)[C@@H](C(=C)C(N)=O)c1c(OCC)ncc(C)c1NCC. The zero-order valence-electron chi connectivity index (χ0n) is 18.2. The first-order chi connectivity index (χ1) is 13.8. The summed E-state index contributed by atoms with van der Waals surface area (Å²) in [7, 11) is 1.54. The average molecular weight is 400 g/mol. The van der Waals surface area contributed by atoms with Crippen LogP contribution in [-0.2, 0) is 9.53 Å². The molecule has 1 aromatic heterocycles. The lowest BCUT2D eigenvalue weighted by Crippen LogP contribution is -2.23. The number of primary amides is 1. The van der Waals surface area contributed by atoms with Crippen LogP contribution in [0.4, 0.5) is 5.69 Å². The highest BCUT2D eigenvalue weighted by Gasteiger charge is 2.32. The molecule has 0 saturated heterocycles. The molecule has 0 saturated carbocycles. The number of hydrogen-bond acceptors (Lipinski definition) is 5. The molecule has 1 rings (SSSR count). The summed E-state index contributed by atoms with van der Waals surface area (Å²) >= 11 is 0. The van der Waals surface area contributed by atoms with Crippen molar-refractivity contribution in [3.8, 4) is 5.88 Å². The van der Waals surface area contributed by atoms with Gasteiger partial charge in [-0.05, 0) is 39.7 Å². The molecule has 1 amide bonds. The number of amides is 1. The van der Waals surface area contributed by atoms with Gasteiger partial charge in [0.2, 0.25) is 11.8 Å². The van der Waals surface area contributed by atoms with E-state index in [0.29, 0.717) is 42.3 Å². The number of pyridine rings is 1. The van der Waals surface area contributed by atoms with E-state index in [1.54, 1.807) is 13.3 Å². The Morgan fingerprint density at radius 2 is 2.07 bits per heavy atom. The molecule has 6 nitrogen and oxygen atoms in total. The Balaban J connectivity index is 3.89. The smallest absolute Gasteiger partial charge is 0.245 e. The van der Waals surface area contributed by atoms with Crippen molar-refractivity contribution in [2.24, 2.45) is 5.73 Å². The second kappa shape index (κ2) is 11.7. The lowest BCUT2D eigenvalue weighted by atomic mass is 9.82. The van der Waals surface area contributed by atoms with Crippen LogP contribution in [0.15, 0.2) is 54.5 Å². The summed E-state index contributed by atoms with van der Waals surface area (Å²) in [4.78, 5) is 16.7. The van der Waals surface area contributed by atoms with E-state index in [-0.39, 0.29) is 5.57 Å². The first-order valence-corrected chi connectivity index (χ1v) is 9.73. The van der Waals surface area contributed by atoms with Gasteiger partial charge < -0.3 is 20.5 Å². The van der Waals surface area contributed by atoms with Gasteiger partial charge in [-0.25, -0.2) is 4.98 Å². The third kappa shape index (κ3) is 5.98. The van der Waals surface area contributed by atoms with Crippen molar-refractivity contribution in [1.82, 2.24) is 4.98 Å². The minimum atomic E-state index is -0.617. The van der Waals surface area contributed by atoms with Gasteiger partial charge in [-0.3, -0.25) is 4.79 Å². The number of carbonyl (C=O) groups is 1. The Labute approximate surface area is 174 Å². The fourth-order valence-corrected chi connectivity index (χ4v) is 3.04. The van der Waals surface area contributed by atoms with E-state index in [1.165, 1.54) is 0 Å². The number of aromatic nitrogens is 1. The van der Waals surface area contributed by atoms with Crippen molar-refractivity contribution in [2.75, 3.05) is 25.6 Å². The van der Waals surface area contributed by atoms with E-state index < -0.39 is 11.8 Å². The molecule has 6 heteroatoms. The normalized spacial score (nSPS) is 12.5. The van der Waals surface area contributed by atoms with E-state index in [2.05, 4.69) is 23.5 Å². The van der Waals surface area contributed by atoms with Crippen molar-refractivity contribution in [1.29, 1.82) is 0 Å². The monoisotopic (exact) mass is 399 g/mol. The van der Waals surface area contributed by atoms with Crippen LogP contribution in [0.3, 0.4) is 0 Å². The van der Waals surface area contributed by atoms with Crippen LogP contribution in [-0.4, -0.2) is 31.2 Å². The Kier molecular flexibility index (Phi) is 9.72. The molecule has 1 heterocycles. The third-order valence-electron chi connectivity index (χ3n) is 4.45. The Bertz CT molecular complexity index is 810. The quantitative estimate of drug-likeness (QED) is 0.235. The van der Waals surface area contributed by atoms with Crippen LogP contribution < -0.4 is 15.8 Å². The second-order valence-corrected chi connectivity index (χ2v) is 6.41. The second-order valence-electron chi connectivity index (χ2n) is 6.41. The Hall–Kier alpha value is -3.02. The largest absolute Gasteiger partial charge is 0.497 e. The van der Waals surface area contributed by atoms with E-state index in [4.69, 9.17) is 15.2 Å². The summed E-state index contributed by atoms with van der Waals surface area (Å²) < 4.78 is 11.3. The van der Waals surface area contributed by atoms with Crippen molar-refractivity contribution < 1.29 is 14.3 Å².